The third-order valence-corrected chi connectivity index (χ3v) is 6.67. The summed E-state index contributed by atoms with van der Waals surface area (Å²) in [7, 11) is -3.16. The minimum absolute atomic E-state index is 0.0995. The van der Waals surface area contributed by atoms with Gasteiger partial charge in [0, 0.05) is 37.5 Å². The van der Waals surface area contributed by atoms with E-state index in [-0.39, 0.29) is 11.8 Å². The van der Waals surface area contributed by atoms with Gasteiger partial charge >= 0.3 is 6.03 Å². The van der Waals surface area contributed by atoms with Gasteiger partial charge in [0.2, 0.25) is 10.0 Å². The lowest BCUT2D eigenvalue weighted by Crippen LogP contribution is -2.51. The molecule has 1 aliphatic heterocycles. The summed E-state index contributed by atoms with van der Waals surface area (Å²) in [6.45, 7) is 3.16. The Morgan fingerprint density at radius 1 is 1.36 bits per heavy atom. The van der Waals surface area contributed by atoms with Crippen molar-refractivity contribution in [1.82, 2.24) is 14.2 Å². The van der Waals surface area contributed by atoms with Crippen LogP contribution in [0.5, 0.6) is 0 Å². The molecule has 0 aromatic carbocycles. The number of nitrogens with zero attached hydrogens (tertiary/aromatic N) is 3. The number of nitrogens with one attached hydrogen (secondary N) is 1. The topological polar surface area (TPSA) is 82.6 Å². The van der Waals surface area contributed by atoms with E-state index < -0.39 is 10.0 Å². The van der Waals surface area contributed by atoms with E-state index in [1.807, 2.05) is 5.38 Å². The van der Waals surface area contributed by atoms with E-state index in [1.165, 1.54) is 28.5 Å². The average Bonchev–Trinajstić information content (AvgIpc) is 3.27. The van der Waals surface area contributed by atoms with Crippen LogP contribution in [0.2, 0.25) is 0 Å². The Kier molecular flexibility index (Phi) is 4.37. The van der Waals surface area contributed by atoms with Gasteiger partial charge in [0.15, 0.2) is 5.13 Å². The van der Waals surface area contributed by atoms with Crippen LogP contribution in [0.4, 0.5) is 9.93 Å². The molecule has 3 rings (SSSR count). The van der Waals surface area contributed by atoms with Crippen molar-refractivity contribution in [2.75, 3.05) is 37.2 Å². The fourth-order valence-electron chi connectivity index (χ4n) is 2.43. The van der Waals surface area contributed by atoms with Crippen molar-refractivity contribution in [3.63, 3.8) is 0 Å². The molecule has 0 radical (unpaired) electrons. The van der Waals surface area contributed by atoms with Gasteiger partial charge in [0.1, 0.15) is 0 Å². The van der Waals surface area contributed by atoms with E-state index in [1.54, 1.807) is 11.8 Å². The van der Waals surface area contributed by atoms with Crippen LogP contribution in [-0.4, -0.2) is 60.6 Å². The second-order valence-electron chi connectivity index (χ2n) is 5.57. The monoisotopic (exact) mass is 344 g/mol. The first kappa shape index (κ1) is 15.7. The van der Waals surface area contributed by atoms with E-state index in [0.717, 1.165) is 5.69 Å². The molecule has 1 aromatic rings. The van der Waals surface area contributed by atoms with E-state index >= 15 is 0 Å². The van der Waals surface area contributed by atoms with Crippen molar-refractivity contribution in [3.05, 3.63) is 11.1 Å². The highest BCUT2D eigenvalue weighted by molar-refractivity contribution is 7.89. The standard InChI is InChI=1S/C13H20N4O3S2/c1-2-22(19,20)17-7-5-16(6-8-17)13(18)15-12-14-11(9-21-12)10-3-4-10/h9-10H,2-8H2,1H3,(H,14,15,18). The van der Waals surface area contributed by atoms with Gasteiger partial charge in [-0.3, -0.25) is 5.32 Å². The molecule has 0 unspecified atom stereocenters. The summed E-state index contributed by atoms with van der Waals surface area (Å²) >= 11 is 1.44. The molecular weight excluding hydrogens is 324 g/mol. The molecule has 0 atom stereocenters. The van der Waals surface area contributed by atoms with Gasteiger partial charge in [-0.2, -0.15) is 4.31 Å². The van der Waals surface area contributed by atoms with Gasteiger partial charge in [0.05, 0.1) is 11.4 Å². The number of thiazole rings is 1. The summed E-state index contributed by atoms with van der Waals surface area (Å²) in [5.41, 5.74) is 1.07. The maximum atomic E-state index is 12.2. The van der Waals surface area contributed by atoms with Crippen LogP contribution >= 0.6 is 11.3 Å². The second kappa shape index (κ2) is 6.13. The van der Waals surface area contributed by atoms with Crippen LogP contribution in [0.25, 0.3) is 0 Å². The molecule has 1 N–H and O–H groups in total. The summed E-state index contributed by atoms with van der Waals surface area (Å²) in [4.78, 5) is 18.3. The zero-order chi connectivity index (χ0) is 15.7. The van der Waals surface area contributed by atoms with E-state index in [2.05, 4.69) is 10.3 Å². The van der Waals surface area contributed by atoms with Crippen molar-refractivity contribution < 1.29 is 13.2 Å². The van der Waals surface area contributed by atoms with E-state index in [9.17, 15) is 13.2 Å². The van der Waals surface area contributed by atoms with Crippen molar-refractivity contribution in [3.8, 4) is 0 Å². The molecule has 9 heteroatoms. The highest BCUT2D eigenvalue weighted by Gasteiger charge is 2.29. The van der Waals surface area contributed by atoms with Gasteiger partial charge in [-0.05, 0) is 19.8 Å². The number of anilines is 1. The number of urea groups is 1. The molecule has 22 heavy (non-hydrogen) atoms. The Morgan fingerprint density at radius 2 is 2.05 bits per heavy atom. The molecule has 0 spiro atoms. The largest absolute Gasteiger partial charge is 0.323 e. The highest BCUT2D eigenvalue weighted by Crippen LogP contribution is 2.40. The van der Waals surface area contributed by atoms with Crippen LogP contribution in [-0.2, 0) is 10.0 Å². The molecule has 1 aliphatic carbocycles. The van der Waals surface area contributed by atoms with Crippen molar-refractivity contribution >= 4 is 32.5 Å². The number of piperazine rings is 1. The number of sulfonamides is 1. The Hall–Kier alpha value is -1.19. The van der Waals surface area contributed by atoms with Gasteiger partial charge < -0.3 is 4.90 Å². The molecule has 122 valence electrons. The Morgan fingerprint density at radius 3 is 2.64 bits per heavy atom. The maximum Gasteiger partial charge on any atom is 0.323 e. The molecule has 1 saturated heterocycles. The second-order valence-corrected chi connectivity index (χ2v) is 8.68. The first-order valence-corrected chi connectivity index (χ1v) is 9.97. The third kappa shape index (κ3) is 3.41. The highest BCUT2D eigenvalue weighted by atomic mass is 32.2. The van der Waals surface area contributed by atoms with Crippen LogP contribution in [0.3, 0.4) is 0 Å². The summed E-state index contributed by atoms with van der Waals surface area (Å²) in [5, 5.41) is 5.43. The van der Waals surface area contributed by atoms with Crippen LogP contribution in [0, 0.1) is 0 Å². The minimum atomic E-state index is -3.16. The third-order valence-electron chi connectivity index (χ3n) is 4.02. The number of carbonyl (C=O) groups is 1. The summed E-state index contributed by atoms with van der Waals surface area (Å²) in [5.74, 6) is 0.673. The first-order valence-electron chi connectivity index (χ1n) is 7.49. The summed E-state index contributed by atoms with van der Waals surface area (Å²) in [6.07, 6.45) is 2.37. The molecule has 1 aromatic heterocycles. The lowest BCUT2D eigenvalue weighted by atomic mass is 10.3. The van der Waals surface area contributed by atoms with Crippen LogP contribution in [0.1, 0.15) is 31.4 Å². The lowest BCUT2D eigenvalue weighted by molar-refractivity contribution is 0.184. The number of hydrogen-bond donors (Lipinski definition) is 1. The van der Waals surface area contributed by atoms with Crippen LogP contribution in [0.15, 0.2) is 5.38 Å². The predicted molar refractivity (Wildman–Crippen MR) is 85.7 cm³/mol. The maximum absolute atomic E-state index is 12.2. The molecule has 1 saturated carbocycles. The molecule has 2 amide bonds. The van der Waals surface area contributed by atoms with Gasteiger partial charge in [-0.25, -0.2) is 18.2 Å². The van der Waals surface area contributed by atoms with E-state index in [4.69, 9.17) is 0 Å². The molecule has 2 fully saturated rings. The quantitative estimate of drug-likeness (QED) is 0.898. The normalized spacial score (nSPS) is 20.1. The Bertz CT molecular complexity index is 646. The number of aromatic nitrogens is 1. The summed E-state index contributed by atoms with van der Waals surface area (Å²) in [6, 6.07) is -0.203. The fourth-order valence-corrected chi connectivity index (χ4v) is 4.30. The molecular formula is C13H20N4O3S2. The Balaban J connectivity index is 1.53. The van der Waals surface area contributed by atoms with Gasteiger partial charge in [-0.15, -0.1) is 11.3 Å². The van der Waals surface area contributed by atoms with Gasteiger partial charge in [0.25, 0.3) is 0 Å². The minimum Gasteiger partial charge on any atom is -0.322 e. The van der Waals surface area contributed by atoms with Crippen LogP contribution < -0.4 is 5.32 Å². The van der Waals surface area contributed by atoms with Gasteiger partial charge in [-0.1, -0.05) is 0 Å². The SMILES string of the molecule is CCS(=O)(=O)N1CCN(C(=O)Nc2nc(C3CC3)cs2)CC1. The number of amides is 2. The average molecular weight is 344 g/mol. The zero-order valence-electron chi connectivity index (χ0n) is 12.5. The van der Waals surface area contributed by atoms with Crippen molar-refractivity contribution in [2.45, 2.75) is 25.7 Å². The van der Waals surface area contributed by atoms with E-state index in [0.29, 0.717) is 37.2 Å². The lowest BCUT2D eigenvalue weighted by Gasteiger charge is -2.33. The number of hydrogen-bond acceptors (Lipinski definition) is 5. The zero-order valence-corrected chi connectivity index (χ0v) is 14.1. The molecule has 7 nitrogen and oxygen atoms in total. The molecule has 2 aliphatic rings. The first-order chi connectivity index (χ1) is 10.5. The smallest absolute Gasteiger partial charge is 0.322 e. The molecule has 0 bridgehead atoms. The van der Waals surface area contributed by atoms with Crippen molar-refractivity contribution in [1.29, 1.82) is 0 Å². The summed E-state index contributed by atoms with van der Waals surface area (Å²) < 4.78 is 25.0. The fraction of sp³-hybridized carbons (Fsp3) is 0.692. The Labute approximate surface area is 134 Å². The molecule has 2 heterocycles. The van der Waals surface area contributed by atoms with Crippen molar-refractivity contribution in [2.24, 2.45) is 0 Å². The predicted octanol–water partition coefficient (Wildman–Crippen LogP) is 1.52. The number of rotatable bonds is 4. The number of carbonyl (C=O) groups excluding carboxylic acids is 1.